The number of ketones is 1. The van der Waals surface area contributed by atoms with Gasteiger partial charge in [-0.15, -0.1) is 11.8 Å². The van der Waals surface area contributed by atoms with Crippen LogP contribution in [-0.2, 0) is 17.8 Å². The molecule has 0 saturated heterocycles. The van der Waals surface area contributed by atoms with Crippen molar-refractivity contribution in [2.24, 2.45) is 0 Å². The summed E-state index contributed by atoms with van der Waals surface area (Å²) in [5.41, 5.74) is 0. The van der Waals surface area contributed by atoms with Crippen molar-refractivity contribution in [1.82, 2.24) is 14.8 Å². The minimum absolute atomic E-state index is 0.125. The van der Waals surface area contributed by atoms with Gasteiger partial charge in [0.25, 0.3) is 0 Å². The molecule has 0 radical (unpaired) electrons. The Balaban J connectivity index is 1.90. The first-order valence-electron chi connectivity index (χ1n) is 6.46. The zero-order chi connectivity index (χ0) is 14.4. The fraction of sp³-hybridized carbons (Fsp3) is 0.357. The van der Waals surface area contributed by atoms with Gasteiger partial charge in [-0.3, -0.25) is 4.79 Å². The largest absolute Gasteiger partial charge is 0.298 e. The summed E-state index contributed by atoms with van der Waals surface area (Å²) in [7, 11) is 0. The van der Waals surface area contributed by atoms with Gasteiger partial charge in [-0.1, -0.05) is 30.7 Å². The quantitative estimate of drug-likeness (QED) is 0.737. The van der Waals surface area contributed by atoms with Gasteiger partial charge in [0.2, 0.25) is 0 Å². The van der Waals surface area contributed by atoms with Crippen LogP contribution in [0.1, 0.15) is 19.2 Å². The molecule has 0 spiro atoms. The molecule has 0 aliphatic heterocycles. The van der Waals surface area contributed by atoms with E-state index in [0.29, 0.717) is 17.2 Å². The normalized spacial score (nSPS) is 10.7. The van der Waals surface area contributed by atoms with Gasteiger partial charge >= 0.3 is 0 Å². The van der Waals surface area contributed by atoms with Crippen LogP contribution in [0.25, 0.3) is 0 Å². The molecule has 0 aliphatic carbocycles. The minimum Gasteiger partial charge on any atom is -0.298 e. The van der Waals surface area contributed by atoms with Crippen LogP contribution >= 0.6 is 23.4 Å². The zero-order valence-corrected chi connectivity index (χ0v) is 12.8. The van der Waals surface area contributed by atoms with E-state index in [1.165, 1.54) is 18.1 Å². The highest BCUT2D eigenvalue weighted by Gasteiger charge is 2.11. The van der Waals surface area contributed by atoms with Crippen molar-refractivity contribution in [3.8, 4) is 0 Å². The van der Waals surface area contributed by atoms with Crippen molar-refractivity contribution in [3.05, 3.63) is 41.4 Å². The van der Waals surface area contributed by atoms with Crippen molar-refractivity contribution >= 4 is 29.1 Å². The summed E-state index contributed by atoms with van der Waals surface area (Å²) in [6.07, 6.45) is 2.79. The molecule has 1 heterocycles. The Bertz CT molecular complexity index is 585. The van der Waals surface area contributed by atoms with E-state index in [9.17, 15) is 4.79 Å². The molecule has 0 fully saturated rings. The maximum atomic E-state index is 12.0. The van der Waals surface area contributed by atoms with Crippen molar-refractivity contribution in [2.75, 3.05) is 5.75 Å². The van der Waals surface area contributed by atoms with Gasteiger partial charge in [0.15, 0.2) is 5.78 Å². The highest BCUT2D eigenvalue weighted by atomic mass is 35.5. The van der Waals surface area contributed by atoms with Gasteiger partial charge in [0.1, 0.15) is 12.2 Å². The third kappa shape index (κ3) is 4.08. The van der Waals surface area contributed by atoms with Crippen LogP contribution in [0, 0.1) is 0 Å². The molecule has 2 aromatic rings. The smallest absolute Gasteiger partial charge is 0.150 e. The van der Waals surface area contributed by atoms with E-state index in [2.05, 4.69) is 17.0 Å². The molecule has 0 bridgehead atoms. The van der Waals surface area contributed by atoms with Crippen molar-refractivity contribution in [1.29, 1.82) is 0 Å². The number of aromatic nitrogens is 3. The zero-order valence-electron chi connectivity index (χ0n) is 11.3. The molecule has 4 nitrogen and oxygen atoms in total. The van der Waals surface area contributed by atoms with E-state index in [4.69, 9.17) is 11.6 Å². The van der Waals surface area contributed by atoms with Gasteiger partial charge in [-0.25, -0.2) is 9.67 Å². The Morgan fingerprint density at radius 1 is 1.40 bits per heavy atom. The molecule has 0 N–H and O–H groups in total. The van der Waals surface area contributed by atoms with Crippen molar-refractivity contribution in [3.63, 3.8) is 0 Å². The van der Waals surface area contributed by atoms with Crippen LogP contribution in [0.2, 0.25) is 5.02 Å². The summed E-state index contributed by atoms with van der Waals surface area (Å²) in [5, 5.41) is 4.80. The van der Waals surface area contributed by atoms with E-state index in [0.717, 1.165) is 23.7 Å². The number of carbonyl (C=O) groups excluding carboxylic acids is 1. The Kier molecular flexibility index (Phi) is 5.61. The lowest BCUT2D eigenvalue weighted by Crippen LogP contribution is -2.12. The van der Waals surface area contributed by atoms with Crippen LogP contribution in [-0.4, -0.2) is 26.3 Å². The van der Waals surface area contributed by atoms with E-state index < -0.39 is 0 Å². The number of nitrogens with zero attached hydrogens (tertiary/aromatic N) is 3. The molecule has 0 aliphatic rings. The number of hydrogen-bond acceptors (Lipinski definition) is 4. The lowest BCUT2D eigenvalue weighted by atomic mass is 10.3. The molecule has 0 unspecified atom stereocenters. The summed E-state index contributed by atoms with van der Waals surface area (Å²) >= 11 is 7.52. The van der Waals surface area contributed by atoms with Crippen LogP contribution < -0.4 is 0 Å². The molecule has 1 aromatic carbocycles. The maximum absolute atomic E-state index is 12.0. The van der Waals surface area contributed by atoms with Gasteiger partial charge in [0.05, 0.1) is 17.2 Å². The summed E-state index contributed by atoms with van der Waals surface area (Å²) < 4.78 is 1.79. The predicted octanol–water partition coefficient (Wildman–Crippen LogP) is 3.25. The summed E-state index contributed by atoms with van der Waals surface area (Å²) in [6.45, 7) is 2.86. The topological polar surface area (TPSA) is 47.8 Å². The monoisotopic (exact) mass is 309 g/mol. The SMILES string of the molecule is CCCn1ncnc1CC(=O)CSc1ccccc1Cl. The Morgan fingerprint density at radius 3 is 2.95 bits per heavy atom. The first kappa shape index (κ1) is 15.1. The van der Waals surface area contributed by atoms with Gasteiger partial charge in [0, 0.05) is 11.4 Å². The molecule has 106 valence electrons. The second-order valence-corrected chi connectivity index (χ2v) is 5.76. The first-order valence-corrected chi connectivity index (χ1v) is 7.82. The van der Waals surface area contributed by atoms with E-state index >= 15 is 0 Å². The summed E-state index contributed by atoms with van der Waals surface area (Å²) in [6, 6.07) is 7.53. The van der Waals surface area contributed by atoms with Gasteiger partial charge in [-0.05, 0) is 18.6 Å². The van der Waals surface area contributed by atoms with Crippen LogP contribution in [0.15, 0.2) is 35.5 Å². The fourth-order valence-corrected chi connectivity index (χ4v) is 2.87. The lowest BCUT2D eigenvalue weighted by molar-refractivity contribution is -0.116. The fourth-order valence-electron chi connectivity index (χ4n) is 1.77. The van der Waals surface area contributed by atoms with Gasteiger partial charge < -0.3 is 0 Å². The molecule has 2 rings (SSSR count). The molecule has 1 aromatic heterocycles. The number of carbonyl (C=O) groups is 1. The van der Waals surface area contributed by atoms with E-state index in [1.54, 1.807) is 4.68 Å². The number of aryl methyl sites for hydroxylation is 1. The Labute approximate surface area is 127 Å². The van der Waals surface area contributed by atoms with E-state index in [-0.39, 0.29) is 5.78 Å². The summed E-state index contributed by atoms with van der Waals surface area (Å²) in [5.74, 6) is 1.25. The second kappa shape index (κ2) is 7.45. The number of halogens is 1. The highest BCUT2D eigenvalue weighted by Crippen LogP contribution is 2.26. The number of rotatable bonds is 7. The number of Topliss-reactive ketones (excluding diaryl/α,β-unsaturated/α-hetero) is 1. The highest BCUT2D eigenvalue weighted by molar-refractivity contribution is 8.00. The van der Waals surface area contributed by atoms with Crippen molar-refractivity contribution in [2.45, 2.75) is 31.2 Å². The minimum atomic E-state index is 0.125. The molecular formula is C14H16ClN3OS. The standard InChI is InChI=1S/C14H16ClN3OS/c1-2-7-18-14(16-10-17-18)8-11(19)9-20-13-6-4-3-5-12(13)15/h3-6,10H,2,7-9H2,1H3. The molecule has 20 heavy (non-hydrogen) atoms. The summed E-state index contributed by atoms with van der Waals surface area (Å²) in [4.78, 5) is 17.1. The lowest BCUT2D eigenvalue weighted by Gasteiger charge is -2.05. The number of benzene rings is 1. The average molecular weight is 310 g/mol. The molecular weight excluding hydrogens is 294 g/mol. The Morgan fingerprint density at radius 2 is 2.20 bits per heavy atom. The molecule has 0 amide bonds. The number of thioether (sulfide) groups is 1. The first-order chi connectivity index (χ1) is 9.70. The number of hydrogen-bond donors (Lipinski definition) is 0. The van der Waals surface area contributed by atoms with Crippen LogP contribution in [0.5, 0.6) is 0 Å². The average Bonchev–Trinajstić information content (AvgIpc) is 2.86. The third-order valence-corrected chi connectivity index (χ3v) is 4.29. The van der Waals surface area contributed by atoms with E-state index in [1.807, 2.05) is 24.3 Å². The maximum Gasteiger partial charge on any atom is 0.150 e. The van der Waals surface area contributed by atoms with Crippen molar-refractivity contribution < 1.29 is 4.79 Å². The predicted molar refractivity (Wildman–Crippen MR) is 81.2 cm³/mol. The molecule has 0 saturated carbocycles. The van der Waals surface area contributed by atoms with Crippen LogP contribution in [0.4, 0.5) is 0 Å². The Hall–Kier alpha value is -1.33. The van der Waals surface area contributed by atoms with Gasteiger partial charge in [-0.2, -0.15) is 5.10 Å². The molecule has 6 heteroatoms. The van der Waals surface area contributed by atoms with Crippen LogP contribution in [0.3, 0.4) is 0 Å². The molecule has 0 atom stereocenters. The second-order valence-electron chi connectivity index (χ2n) is 4.33. The third-order valence-electron chi connectivity index (χ3n) is 2.71.